The van der Waals surface area contributed by atoms with Crippen LogP contribution in [0.3, 0.4) is 0 Å². The molecule has 1 amide bonds. The van der Waals surface area contributed by atoms with Crippen molar-refractivity contribution in [1.29, 1.82) is 0 Å². The number of carbonyl (C=O) groups excluding carboxylic acids is 1. The second kappa shape index (κ2) is 8.25. The summed E-state index contributed by atoms with van der Waals surface area (Å²) in [6, 6.07) is -1.69. The third-order valence-electron chi connectivity index (χ3n) is 1.92. The predicted octanol–water partition coefficient (Wildman–Crippen LogP) is 1.48. The molecule has 0 saturated heterocycles. The predicted molar refractivity (Wildman–Crippen MR) is 59.5 cm³/mol. The van der Waals surface area contributed by atoms with Gasteiger partial charge in [-0.05, 0) is 0 Å². The average Bonchev–Trinajstić information content (AvgIpc) is 2.30. The van der Waals surface area contributed by atoms with Crippen LogP contribution >= 0.6 is 11.8 Å². The fourth-order valence-corrected chi connectivity index (χ4v) is 2.03. The van der Waals surface area contributed by atoms with Gasteiger partial charge in [-0.25, -0.2) is 18.0 Å². The lowest BCUT2D eigenvalue weighted by atomic mass is 10.3. The molecule has 2 atom stereocenters. The first-order valence-electron chi connectivity index (χ1n) is 5.09. The summed E-state index contributed by atoms with van der Waals surface area (Å²) in [6.45, 7) is -0.869. The highest BCUT2D eigenvalue weighted by Crippen LogP contribution is 2.37. The van der Waals surface area contributed by atoms with Crippen molar-refractivity contribution in [1.82, 2.24) is 5.32 Å². The number of aliphatic carboxylic acids is 1. The minimum Gasteiger partial charge on any atom is -0.480 e. The molecule has 0 bridgehead atoms. The van der Waals surface area contributed by atoms with Gasteiger partial charge in [-0.2, -0.15) is 8.78 Å². The number of ether oxygens (including phenoxy) is 1. The molecule has 2 N–H and O–H groups in total. The Balaban J connectivity index is 4.71. The van der Waals surface area contributed by atoms with Crippen LogP contribution in [0.2, 0.25) is 0 Å². The molecule has 0 radical (unpaired) electrons. The number of hydrogen-bond donors (Lipinski definition) is 2. The largest absolute Gasteiger partial charge is 0.480 e. The molecule has 11 heteroatoms. The molecule has 5 nitrogen and oxygen atoms in total. The summed E-state index contributed by atoms with van der Waals surface area (Å²) in [4.78, 5) is 21.3. The first-order chi connectivity index (χ1) is 9.11. The van der Waals surface area contributed by atoms with Crippen molar-refractivity contribution >= 4 is 23.6 Å². The van der Waals surface area contributed by atoms with Gasteiger partial charge in [0.15, 0.2) is 13.0 Å². The van der Waals surface area contributed by atoms with Crippen LogP contribution in [0.15, 0.2) is 0 Å². The molecule has 0 aromatic rings. The van der Waals surface area contributed by atoms with Crippen molar-refractivity contribution < 1.29 is 41.4 Å². The molecule has 0 aliphatic carbocycles. The van der Waals surface area contributed by atoms with Gasteiger partial charge in [0, 0.05) is 12.7 Å². The molecule has 0 fully saturated rings. The van der Waals surface area contributed by atoms with E-state index in [0.717, 1.165) is 6.92 Å². The molecule has 0 aliphatic rings. The molecule has 0 unspecified atom stereocenters. The maximum atomic E-state index is 13.4. The van der Waals surface area contributed by atoms with Gasteiger partial charge in [0.2, 0.25) is 5.91 Å². The summed E-state index contributed by atoms with van der Waals surface area (Å²) in [5, 5.41) is 6.30. The van der Waals surface area contributed by atoms with Gasteiger partial charge < -0.3 is 15.2 Å². The number of amides is 1. The lowest BCUT2D eigenvalue weighted by Crippen LogP contribution is -2.44. The summed E-state index contributed by atoms with van der Waals surface area (Å²) in [5.74, 6) is -3.28. The summed E-state index contributed by atoms with van der Waals surface area (Å²) in [6.07, 6.45) is -6.67. The second-order valence-electron chi connectivity index (χ2n) is 3.49. The summed E-state index contributed by atoms with van der Waals surface area (Å²) in [5.41, 5.74) is 0. The highest BCUT2D eigenvalue weighted by Gasteiger charge is 2.47. The second-order valence-corrected chi connectivity index (χ2v) is 4.66. The Morgan fingerprint density at radius 3 is 2.30 bits per heavy atom. The maximum Gasteiger partial charge on any atom is 0.327 e. The zero-order valence-electron chi connectivity index (χ0n) is 10.1. The van der Waals surface area contributed by atoms with Crippen molar-refractivity contribution in [3.8, 4) is 0 Å². The van der Waals surface area contributed by atoms with Gasteiger partial charge in [0.1, 0.15) is 6.04 Å². The Kier molecular flexibility index (Phi) is 7.79. The Bertz CT molecular complexity index is 344. The van der Waals surface area contributed by atoms with E-state index in [2.05, 4.69) is 4.74 Å². The number of hydrogen-bond acceptors (Lipinski definition) is 4. The molecule has 0 aliphatic heterocycles. The van der Waals surface area contributed by atoms with E-state index in [4.69, 9.17) is 5.11 Å². The smallest absolute Gasteiger partial charge is 0.327 e. The Labute approximate surface area is 114 Å². The molecular weight excluding hydrogens is 313 g/mol. The Morgan fingerprint density at radius 2 is 1.95 bits per heavy atom. The first kappa shape index (κ1) is 18.9. The van der Waals surface area contributed by atoms with E-state index in [0.29, 0.717) is 0 Å². The monoisotopic (exact) mass is 325 g/mol. The summed E-state index contributed by atoms with van der Waals surface area (Å²) >= 11 is -0.467. The lowest BCUT2D eigenvalue weighted by Gasteiger charge is -2.25. The van der Waals surface area contributed by atoms with Crippen LogP contribution in [0, 0.1) is 0 Å². The van der Waals surface area contributed by atoms with Crippen LogP contribution in [0.5, 0.6) is 0 Å². The fraction of sp³-hybridized carbons (Fsp3) is 0.778. The van der Waals surface area contributed by atoms with E-state index in [1.54, 1.807) is 0 Å². The Morgan fingerprint density at radius 1 is 1.40 bits per heavy atom. The normalized spacial score (nSPS) is 14.9. The van der Waals surface area contributed by atoms with Crippen LogP contribution in [-0.2, 0) is 14.3 Å². The maximum absolute atomic E-state index is 13.4. The fourth-order valence-electron chi connectivity index (χ4n) is 1.08. The van der Waals surface area contributed by atoms with E-state index in [1.807, 2.05) is 5.32 Å². The molecule has 0 saturated carbocycles. The molecule has 0 rings (SSSR count). The Hall–Kier alpha value is -1.10. The van der Waals surface area contributed by atoms with Crippen LogP contribution < -0.4 is 5.32 Å². The van der Waals surface area contributed by atoms with E-state index in [9.17, 15) is 31.5 Å². The van der Waals surface area contributed by atoms with Gasteiger partial charge in [-0.1, -0.05) is 11.8 Å². The van der Waals surface area contributed by atoms with Gasteiger partial charge in [0.05, 0.1) is 0 Å². The summed E-state index contributed by atoms with van der Waals surface area (Å²) < 4.78 is 66.8. The molecule has 0 spiro atoms. The molecule has 20 heavy (non-hydrogen) atoms. The first-order valence-corrected chi connectivity index (χ1v) is 6.07. The zero-order valence-corrected chi connectivity index (χ0v) is 10.9. The van der Waals surface area contributed by atoms with Gasteiger partial charge in [-0.15, -0.1) is 0 Å². The van der Waals surface area contributed by atoms with Crippen LogP contribution in [0.25, 0.3) is 0 Å². The van der Waals surface area contributed by atoms with Gasteiger partial charge >= 0.3 is 11.2 Å². The van der Waals surface area contributed by atoms with Crippen LogP contribution in [0.4, 0.5) is 22.0 Å². The number of rotatable bonds is 9. The third kappa shape index (κ3) is 6.37. The summed E-state index contributed by atoms with van der Waals surface area (Å²) in [7, 11) is 0. The molecule has 0 heterocycles. The molecular formula is C9H12F5NO4S. The number of thioether (sulfide) groups is 1. The molecule has 0 aromatic heterocycles. The van der Waals surface area contributed by atoms with Crippen molar-refractivity contribution in [3.63, 3.8) is 0 Å². The van der Waals surface area contributed by atoms with E-state index in [1.165, 1.54) is 0 Å². The number of alkyl halides is 5. The SMILES string of the molecule is CC(=O)N[C@@H](CSC(F)(F)[C@@H](OCF)C(F)F)C(=O)O. The highest BCUT2D eigenvalue weighted by atomic mass is 32.2. The van der Waals surface area contributed by atoms with Crippen LogP contribution in [-0.4, -0.2) is 53.4 Å². The van der Waals surface area contributed by atoms with E-state index < -0.39 is 60.1 Å². The van der Waals surface area contributed by atoms with E-state index in [-0.39, 0.29) is 0 Å². The lowest BCUT2D eigenvalue weighted by molar-refractivity contribution is -0.161. The quantitative estimate of drug-likeness (QED) is 0.628. The average molecular weight is 325 g/mol. The van der Waals surface area contributed by atoms with Crippen molar-refractivity contribution in [3.05, 3.63) is 0 Å². The third-order valence-corrected chi connectivity index (χ3v) is 3.04. The van der Waals surface area contributed by atoms with Crippen LogP contribution in [0.1, 0.15) is 6.92 Å². The number of halogens is 5. The molecule has 118 valence electrons. The van der Waals surface area contributed by atoms with Crippen molar-refractivity contribution in [2.75, 3.05) is 12.6 Å². The van der Waals surface area contributed by atoms with Gasteiger partial charge in [-0.3, -0.25) is 4.79 Å². The number of carboxylic acid groups (broad SMARTS) is 1. The minimum atomic E-state index is -4.22. The molecule has 0 aromatic carbocycles. The van der Waals surface area contributed by atoms with E-state index >= 15 is 0 Å². The van der Waals surface area contributed by atoms with Crippen molar-refractivity contribution in [2.24, 2.45) is 0 Å². The van der Waals surface area contributed by atoms with Gasteiger partial charge in [0.25, 0.3) is 6.43 Å². The number of carbonyl (C=O) groups is 2. The minimum absolute atomic E-state index is 0.467. The number of carboxylic acids is 1. The highest BCUT2D eigenvalue weighted by molar-refractivity contribution is 8.00. The van der Waals surface area contributed by atoms with Crippen molar-refractivity contribution in [2.45, 2.75) is 30.7 Å². The standard InChI is InChI=1S/C9H12F5NO4S/c1-4(16)15-5(8(17)18)2-20-9(13,14)6(7(11)12)19-3-10/h5-7H,2-3H2,1H3,(H,15,16)(H,17,18)/t5-,6-/m0/s1. The zero-order chi connectivity index (χ0) is 15.9. The number of nitrogens with one attached hydrogen (secondary N) is 1. The topological polar surface area (TPSA) is 75.6 Å².